The summed E-state index contributed by atoms with van der Waals surface area (Å²) in [5.74, 6) is -4.74. The molecule has 3 rings (SSSR count). The highest BCUT2D eigenvalue weighted by Gasteiger charge is 2.23. The number of amides is 1. The molecule has 1 amide bonds. The zero-order valence-electron chi connectivity index (χ0n) is 15.5. The number of carbonyl (C=O) groups excluding carboxylic acids is 1. The first-order valence-corrected chi connectivity index (χ1v) is 9.28. The van der Waals surface area contributed by atoms with Gasteiger partial charge in [-0.1, -0.05) is 12.1 Å². The lowest BCUT2D eigenvalue weighted by Gasteiger charge is -2.20. The quantitative estimate of drug-likeness (QED) is 0.768. The number of fused-ring (bicyclic) bond motifs is 1. The van der Waals surface area contributed by atoms with Gasteiger partial charge in [-0.2, -0.15) is 0 Å². The van der Waals surface area contributed by atoms with Crippen molar-refractivity contribution in [1.82, 2.24) is 0 Å². The number of rotatable bonds is 5. The highest BCUT2D eigenvalue weighted by atomic mass is 19.2. The number of hydrogen-bond acceptors (Lipinski definition) is 1. The predicted octanol–water partition coefficient (Wildman–Crippen LogP) is 3.63. The molecule has 3 nitrogen and oxygen atoms in total. The molecule has 0 spiro atoms. The van der Waals surface area contributed by atoms with Gasteiger partial charge in [0.25, 0.3) is 5.91 Å². The van der Waals surface area contributed by atoms with Crippen molar-refractivity contribution in [3.05, 3.63) is 64.5 Å². The van der Waals surface area contributed by atoms with Crippen molar-refractivity contribution in [2.24, 2.45) is 0 Å². The van der Waals surface area contributed by atoms with Crippen molar-refractivity contribution in [3.63, 3.8) is 0 Å². The molecule has 0 aliphatic heterocycles. The summed E-state index contributed by atoms with van der Waals surface area (Å²) in [4.78, 5) is 12.3. The van der Waals surface area contributed by atoms with Crippen LogP contribution in [0.4, 0.5) is 18.9 Å². The molecular weight excluding hydrogens is 353 g/mol. The average molecular weight is 377 g/mol. The van der Waals surface area contributed by atoms with E-state index in [1.54, 1.807) is 6.92 Å². The van der Waals surface area contributed by atoms with E-state index in [1.165, 1.54) is 24.0 Å². The molecule has 0 saturated heterocycles. The first kappa shape index (κ1) is 19.4. The average Bonchev–Trinajstić information content (AvgIpc) is 2.67. The van der Waals surface area contributed by atoms with Gasteiger partial charge in [0.1, 0.15) is 6.04 Å². The van der Waals surface area contributed by atoms with Crippen molar-refractivity contribution in [1.29, 1.82) is 0 Å². The van der Waals surface area contributed by atoms with Crippen LogP contribution in [0.2, 0.25) is 0 Å². The van der Waals surface area contributed by atoms with Crippen LogP contribution in [-0.2, 0) is 17.6 Å². The molecule has 3 N–H and O–H groups in total. The number of hydrogen-bond donors (Lipinski definition) is 2. The van der Waals surface area contributed by atoms with Crippen LogP contribution in [0.15, 0.2) is 30.3 Å². The number of carbonyl (C=O) groups is 1. The molecule has 2 aromatic rings. The topological polar surface area (TPSA) is 45.7 Å². The van der Waals surface area contributed by atoms with E-state index < -0.39 is 29.4 Å². The first-order valence-electron chi connectivity index (χ1n) is 9.28. The maximum atomic E-state index is 13.7. The van der Waals surface area contributed by atoms with E-state index in [-0.39, 0.29) is 11.7 Å². The number of quaternary nitrogens is 1. The van der Waals surface area contributed by atoms with Crippen LogP contribution in [0.25, 0.3) is 0 Å². The molecule has 0 fully saturated rings. The molecule has 1 aliphatic rings. The number of nitrogens with two attached hydrogens (primary N) is 1. The van der Waals surface area contributed by atoms with Crippen LogP contribution in [0.5, 0.6) is 0 Å². The third-order valence-corrected chi connectivity index (χ3v) is 5.18. The number of nitrogens with one attached hydrogen (secondary N) is 1. The van der Waals surface area contributed by atoms with Gasteiger partial charge < -0.3 is 10.6 Å². The molecule has 0 saturated carbocycles. The van der Waals surface area contributed by atoms with E-state index in [1.807, 2.05) is 12.2 Å². The monoisotopic (exact) mass is 377 g/mol. The maximum absolute atomic E-state index is 13.7. The number of aryl methyl sites for hydroxylation is 2. The second-order valence-electron chi connectivity index (χ2n) is 7.22. The van der Waals surface area contributed by atoms with Crippen molar-refractivity contribution in [2.75, 3.05) is 5.32 Å². The van der Waals surface area contributed by atoms with Gasteiger partial charge in [0.2, 0.25) is 0 Å². The minimum atomic E-state index is -1.59. The van der Waals surface area contributed by atoms with E-state index >= 15 is 0 Å². The molecule has 6 heteroatoms. The van der Waals surface area contributed by atoms with Gasteiger partial charge in [-0.3, -0.25) is 4.79 Å². The summed E-state index contributed by atoms with van der Waals surface area (Å²) in [6, 6.07) is 7.77. The fourth-order valence-corrected chi connectivity index (χ4v) is 3.54. The second kappa shape index (κ2) is 8.13. The summed E-state index contributed by atoms with van der Waals surface area (Å²) in [5.41, 5.74) is 3.55. The number of halogens is 3. The van der Waals surface area contributed by atoms with Crippen molar-refractivity contribution >= 4 is 11.6 Å². The summed E-state index contributed by atoms with van der Waals surface area (Å²) in [6.07, 6.45) is 4.63. The lowest BCUT2D eigenvalue weighted by Crippen LogP contribution is -2.91. The van der Waals surface area contributed by atoms with Crippen molar-refractivity contribution in [3.8, 4) is 0 Å². The molecule has 1 aliphatic carbocycles. The molecule has 0 aromatic heterocycles. The van der Waals surface area contributed by atoms with Gasteiger partial charge >= 0.3 is 0 Å². The van der Waals surface area contributed by atoms with Crippen molar-refractivity contribution < 1.29 is 23.3 Å². The van der Waals surface area contributed by atoms with E-state index in [4.69, 9.17) is 0 Å². The SMILES string of the molecule is C[C@@H]([NH2+][C@H](C)c1ccc2c(c1)CCCC2)C(=O)Nc1ccc(F)c(F)c1F. The van der Waals surface area contributed by atoms with Gasteiger partial charge in [-0.15, -0.1) is 0 Å². The zero-order chi connectivity index (χ0) is 19.6. The highest BCUT2D eigenvalue weighted by molar-refractivity contribution is 5.93. The Balaban J connectivity index is 1.65. The summed E-state index contributed by atoms with van der Waals surface area (Å²) >= 11 is 0. The van der Waals surface area contributed by atoms with Gasteiger partial charge in [0.15, 0.2) is 23.5 Å². The van der Waals surface area contributed by atoms with Crippen LogP contribution in [-0.4, -0.2) is 11.9 Å². The van der Waals surface area contributed by atoms with E-state index in [2.05, 4.69) is 23.5 Å². The summed E-state index contributed by atoms with van der Waals surface area (Å²) in [5, 5.41) is 4.21. The molecule has 27 heavy (non-hydrogen) atoms. The Bertz CT molecular complexity index is 854. The maximum Gasteiger partial charge on any atom is 0.282 e. The van der Waals surface area contributed by atoms with Crippen molar-refractivity contribution in [2.45, 2.75) is 51.6 Å². The van der Waals surface area contributed by atoms with Gasteiger partial charge in [0.05, 0.1) is 5.69 Å². The second-order valence-corrected chi connectivity index (χ2v) is 7.22. The molecule has 0 radical (unpaired) electrons. The minimum absolute atomic E-state index is 0.0350. The Labute approximate surface area is 157 Å². The van der Waals surface area contributed by atoms with Crippen LogP contribution in [0.3, 0.4) is 0 Å². The van der Waals surface area contributed by atoms with Crippen LogP contribution in [0, 0.1) is 17.5 Å². The summed E-state index contributed by atoms with van der Waals surface area (Å²) in [7, 11) is 0. The van der Waals surface area contributed by atoms with E-state index in [0.717, 1.165) is 30.5 Å². The third-order valence-electron chi connectivity index (χ3n) is 5.18. The molecule has 144 valence electrons. The normalized spacial score (nSPS) is 15.7. The number of anilines is 1. The molecule has 0 bridgehead atoms. The molecule has 2 atom stereocenters. The van der Waals surface area contributed by atoms with E-state index in [9.17, 15) is 18.0 Å². The zero-order valence-corrected chi connectivity index (χ0v) is 15.5. The first-order chi connectivity index (χ1) is 12.9. The standard InChI is InChI=1S/C21H23F3N2O/c1-12(15-8-7-14-5-3-4-6-16(14)11-15)25-13(2)21(27)26-18-10-9-17(22)19(23)20(18)24/h7-13,25H,3-6H2,1-2H3,(H,26,27)/p+1/t12-,13-/m1/s1. The van der Waals surface area contributed by atoms with Crippen LogP contribution < -0.4 is 10.6 Å². The fourth-order valence-electron chi connectivity index (χ4n) is 3.54. The molecular formula is C21H24F3N2O+. The van der Waals surface area contributed by atoms with Crippen LogP contribution >= 0.6 is 0 Å². The smallest absolute Gasteiger partial charge is 0.282 e. The number of benzene rings is 2. The minimum Gasteiger partial charge on any atom is -0.330 e. The lowest BCUT2D eigenvalue weighted by molar-refractivity contribution is -0.709. The van der Waals surface area contributed by atoms with Crippen LogP contribution in [0.1, 0.15) is 49.4 Å². The molecule has 2 aromatic carbocycles. The van der Waals surface area contributed by atoms with Gasteiger partial charge in [0, 0.05) is 5.56 Å². The Hall–Kier alpha value is -2.34. The van der Waals surface area contributed by atoms with E-state index in [0.29, 0.717) is 0 Å². The third kappa shape index (κ3) is 4.33. The molecule has 0 heterocycles. The molecule has 0 unspecified atom stereocenters. The Morgan fingerprint density at radius 1 is 1.00 bits per heavy atom. The van der Waals surface area contributed by atoms with Gasteiger partial charge in [-0.05, 0) is 68.9 Å². The predicted molar refractivity (Wildman–Crippen MR) is 97.8 cm³/mol. The Morgan fingerprint density at radius 2 is 1.70 bits per heavy atom. The highest BCUT2D eigenvalue weighted by Crippen LogP contribution is 2.24. The lowest BCUT2D eigenvalue weighted by atomic mass is 9.89. The Kier molecular flexibility index (Phi) is 5.85. The summed E-state index contributed by atoms with van der Waals surface area (Å²) < 4.78 is 40.0. The fraction of sp³-hybridized carbons (Fsp3) is 0.381. The largest absolute Gasteiger partial charge is 0.330 e. The van der Waals surface area contributed by atoms with Gasteiger partial charge in [-0.25, -0.2) is 13.2 Å². The Morgan fingerprint density at radius 3 is 2.44 bits per heavy atom. The summed E-state index contributed by atoms with van der Waals surface area (Å²) in [6.45, 7) is 3.70.